The number of nitrogens with one attached hydrogen (secondary N) is 1. The normalized spacial score (nSPS) is 15.5. The number of rotatable bonds is 2. The third-order valence-corrected chi connectivity index (χ3v) is 4.37. The number of aromatic nitrogens is 1. The van der Waals surface area contributed by atoms with Crippen LogP contribution in [-0.4, -0.2) is 28.2 Å². The monoisotopic (exact) mass is 331 g/mol. The Hall–Kier alpha value is -2.28. The lowest BCUT2D eigenvalue weighted by Crippen LogP contribution is -2.40. The van der Waals surface area contributed by atoms with Crippen LogP contribution in [0.3, 0.4) is 0 Å². The summed E-state index contributed by atoms with van der Waals surface area (Å²) in [5.41, 5.74) is 0.880. The molecule has 23 heavy (non-hydrogen) atoms. The van der Waals surface area contributed by atoms with Crippen LogP contribution in [0.15, 0.2) is 18.2 Å². The van der Waals surface area contributed by atoms with E-state index in [1.807, 2.05) is 20.8 Å². The molecular formula is C16H17N3O3S. The van der Waals surface area contributed by atoms with Gasteiger partial charge in [0.2, 0.25) is 11.8 Å². The van der Waals surface area contributed by atoms with E-state index in [0.717, 1.165) is 9.60 Å². The number of hydrogen-bond acceptors (Lipinski definition) is 5. The van der Waals surface area contributed by atoms with Crippen molar-refractivity contribution >= 4 is 44.4 Å². The first-order valence-corrected chi connectivity index (χ1v) is 8.15. The maximum atomic E-state index is 12.2. The summed E-state index contributed by atoms with van der Waals surface area (Å²) in [6, 6.07) is 5.17. The van der Waals surface area contributed by atoms with Gasteiger partial charge >= 0.3 is 0 Å². The van der Waals surface area contributed by atoms with Crippen LogP contribution < -0.4 is 10.2 Å². The van der Waals surface area contributed by atoms with Crippen molar-refractivity contribution in [3.63, 3.8) is 0 Å². The first kappa shape index (κ1) is 15.6. The minimum Gasteiger partial charge on any atom is -0.347 e. The van der Waals surface area contributed by atoms with Crippen LogP contribution >= 0.6 is 11.3 Å². The highest BCUT2D eigenvalue weighted by molar-refractivity contribution is 7.22. The molecule has 1 N–H and O–H groups in total. The van der Waals surface area contributed by atoms with Gasteiger partial charge in [-0.1, -0.05) is 11.3 Å². The molecule has 0 aliphatic carbocycles. The van der Waals surface area contributed by atoms with Crippen LogP contribution in [0.5, 0.6) is 0 Å². The number of thiazole rings is 1. The fourth-order valence-electron chi connectivity index (χ4n) is 2.35. The number of carbonyl (C=O) groups excluding carboxylic acids is 3. The van der Waals surface area contributed by atoms with Crippen LogP contribution in [0.4, 0.5) is 5.13 Å². The van der Waals surface area contributed by atoms with Crippen molar-refractivity contribution in [3.8, 4) is 0 Å². The van der Waals surface area contributed by atoms with E-state index in [1.165, 1.54) is 11.3 Å². The highest BCUT2D eigenvalue weighted by Gasteiger charge is 2.32. The van der Waals surface area contributed by atoms with Crippen LogP contribution in [0, 0.1) is 0 Å². The summed E-state index contributed by atoms with van der Waals surface area (Å²) in [7, 11) is 0. The Kier molecular flexibility index (Phi) is 3.68. The Labute approximate surface area is 137 Å². The summed E-state index contributed by atoms with van der Waals surface area (Å²) in [5.74, 6) is -0.609. The van der Waals surface area contributed by atoms with E-state index < -0.39 is 0 Å². The van der Waals surface area contributed by atoms with E-state index in [-0.39, 0.29) is 36.1 Å². The number of imide groups is 1. The summed E-state index contributed by atoms with van der Waals surface area (Å²) in [5, 5.41) is 3.28. The molecule has 1 saturated heterocycles. The van der Waals surface area contributed by atoms with Gasteiger partial charge < -0.3 is 5.32 Å². The molecule has 0 bridgehead atoms. The summed E-state index contributed by atoms with van der Waals surface area (Å²) in [6.07, 6.45) is 0.460. The molecule has 0 saturated carbocycles. The van der Waals surface area contributed by atoms with Crippen LogP contribution in [0.1, 0.15) is 44.0 Å². The van der Waals surface area contributed by atoms with Crippen molar-refractivity contribution in [2.75, 3.05) is 4.90 Å². The van der Waals surface area contributed by atoms with Crippen molar-refractivity contribution in [2.24, 2.45) is 0 Å². The van der Waals surface area contributed by atoms with E-state index in [9.17, 15) is 14.4 Å². The topological polar surface area (TPSA) is 79.4 Å². The number of benzene rings is 1. The molecule has 3 rings (SSSR count). The smallest absolute Gasteiger partial charge is 0.251 e. The Balaban J connectivity index is 1.94. The van der Waals surface area contributed by atoms with E-state index in [2.05, 4.69) is 10.3 Å². The Morgan fingerprint density at radius 1 is 1.22 bits per heavy atom. The second-order valence-electron chi connectivity index (χ2n) is 6.51. The lowest BCUT2D eigenvalue weighted by molar-refractivity contribution is -0.121. The number of nitrogens with zero attached hydrogens (tertiary/aromatic N) is 2. The van der Waals surface area contributed by atoms with Crippen LogP contribution in [0.25, 0.3) is 10.2 Å². The molecule has 0 radical (unpaired) electrons. The van der Waals surface area contributed by atoms with Gasteiger partial charge in [0.25, 0.3) is 5.91 Å². The molecule has 1 fully saturated rings. The second-order valence-corrected chi connectivity index (χ2v) is 7.52. The Bertz CT molecular complexity index is 804. The zero-order chi connectivity index (χ0) is 16.8. The number of carbonyl (C=O) groups is 3. The Morgan fingerprint density at radius 2 is 1.87 bits per heavy atom. The van der Waals surface area contributed by atoms with Gasteiger partial charge in [-0.25, -0.2) is 9.88 Å². The lowest BCUT2D eigenvalue weighted by Gasteiger charge is -2.20. The summed E-state index contributed by atoms with van der Waals surface area (Å²) in [6.45, 7) is 5.75. The molecule has 1 aromatic heterocycles. The molecule has 1 aromatic carbocycles. The van der Waals surface area contributed by atoms with Gasteiger partial charge in [-0.05, 0) is 39.0 Å². The molecule has 120 valence electrons. The SMILES string of the molecule is CC(C)(C)NC(=O)c1ccc2nc(N3C(=O)CCC3=O)sc2c1. The van der Waals surface area contributed by atoms with Crippen molar-refractivity contribution in [2.45, 2.75) is 39.2 Å². The molecule has 0 spiro atoms. The summed E-state index contributed by atoms with van der Waals surface area (Å²) < 4.78 is 0.772. The van der Waals surface area contributed by atoms with Crippen molar-refractivity contribution < 1.29 is 14.4 Å². The van der Waals surface area contributed by atoms with Crippen LogP contribution in [0.2, 0.25) is 0 Å². The predicted molar refractivity (Wildman–Crippen MR) is 88.6 cm³/mol. The van der Waals surface area contributed by atoms with Crippen LogP contribution in [-0.2, 0) is 9.59 Å². The average molecular weight is 331 g/mol. The molecule has 6 nitrogen and oxygen atoms in total. The molecule has 2 aromatic rings. The largest absolute Gasteiger partial charge is 0.347 e. The highest BCUT2D eigenvalue weighted by Crippen LogP contribution is 2.32. The maximum absolute atomic E-state index is 12.2. The molecule has 1 aliphatic rings. The number of anilines is 1. The zero-order valence-corrected chi connectivity index (χ0v) is 14.0. The fourth-order valence-corrected chi connectivity index (χ4v) is 3.39. The van der Waals surface area contributed by atoms with Gasteiger partial charge in [-0.2, -0.15) is 0 Å². The number of hydrogen-bond donors (Lipinski definition) is 1. The average Bonchev–Trinajstić information content (AvgIpc) is 2.99. The summed E-state index contributed by atoms with van der Waals surface area (Å²) >= 11 is 1.24. The second kappa shape index (κ2) is 5.42. The zero-order valence-electron chi connectivity index (χ0n) is 13.2. The van der Waals surface area contributed by atoms with E-state index in [0.29, 0.717) is 16.2 Å². The van der Waals surface area contributed by atoms with Crippen molar-refractivity contribution in [1.29, 1.82) is 0 Å². The predicted octanol–water partition coefficient (Wildman–Crippen LogP) is 2.48. The fraction of sp³-hybridized carbons (Fsp3) is 0.375. The molecule has 1 aliphatic heterocycles. The molecule has 2 heterocycles. The van der Waals surface area contributed by atoms with E-state index in [1.54, 1.807) is 18.2 Å². The summed E-state index contributed by atoms with van der Waals surface area (Å²) in [4.78, 5) is 41.3. The lowest BCUT2D eigenvalue weighted by atomic mass is 10.1. The first-order valence-electron chi connectivity index (χ1n) is 7.33. The van der Waals surface area contributed by atoms with Gasteiger partial charge in [0.1, 0.15) is 0 Å². The molecule has 7 heteroatoms. The molecule has 3 amide bonds. The standard InChI is InChI=1S/C16H17N3O3S/c1-16(2,3)18-14(22)9-4-5-10-11(8-9)23-15(17-10)19-12(20)6-7-13(19)21/h4-5,8H,6-7H2,1-3H3,(H,18,22). The van der Waals surface area contributed by atoms with Crippen molar-refractivity contribution in [3.05, 3.63) is 23.8 Å². The quantitative estimate of drug-likeness (QED) is 0.858. The highest BCUT2D eigenvalue weighted by atomic mass is 32.1. The number of fused-ring (bicyclic) bond motifs is 1. The maximum Gasteiger partial charge on any atom is 0.251 e. The van der Waals surface area contributed by atoms with Crippen molar-refractivity contribution in [1.82, 2.24) is 10.3 Å². The van der Waals surface area contributed by atoms with Gasteiger partial charge in [0.15, 0.2) is 5.13 Å². The van der Waals surface area contributed by atoms with Gasteiger partial charge in [-0.15, -0.1) is 0 Å². The van der Waals surface area contributed by atoms with E-state index in [4.69, 9.17) is 0 Å². The Morgan fingerprint density at radius 3 is 2.48 bits per heavy atom. The van der Waals surface area contributed by atoms with Gasteiger partial charge in [0.05, 0.1) is 10.2 Å². The number of amides is 3. The first-order chi connectivity index (χ1) is 10.7. The van der Waals surface area contributed by atoms with Gasteiger partial charge in [-0.3, -0.25) is 14.4 Å². The third-order valence-electron chi connectivity index (χ3n) is 3.37. The minimum atomic E-state index is -0.320. The van der Waals surface area contributed by atoms with Gasteiger partial charge in [0, 0.05) is 23.9 Å². The molecule has 0 atom stereocenters. The molecular weight excluding hydrogens is 314 g/mol. The molecule has 0 unspecified atom stereocenters. The minimum absolute atomic E-state index is 0.164. The van der Waals surface area contributed by atoms with E-state index >= 15 is 0 Å². The third kappa shape index (κ3) is 3.10.